The van der Waals surface area contributed by atoms with E-state index in [1.807, 2.05) is 37.3 Å². The molecule has 1 aliphatic heterocycles. The highest BCUT2D eigenvalue weighted by molar-refractivity contribution is 5.93. The number of fused-ring (bicyclic) bond motifs is 1. The second kappa shape index (κ2) is 9.74. The van der Waals surface area contributed by atoms with Crippen LogP contribution < -0.4 is 20.7 Å². The number of amides is 1. The Kier molecular flexibility index (Phi) is 6.13. The molecular weight excluding hydrogens is 466 g/mol. The monoisotopic (exact) mass is 495 g/mol. The van der Waals surface area contributed by atoms with Gasteiger partial charge in [-0.2, -0.15) is 5.10 Å². The van der Waals surface area contributed by atoms with Gasteiger partial charge in [-0.15, -0.1) is 5.10 Å². The average molecular weight is 496 g/mol. The van der Waals surface area contributed by atoms with Crippen molar-refractivity contribution in [1.29, 1.82) is 0 Å². The summed E-state index contributed by atoms with van der Waals surface area (Å²) in [6, 6.07) is 14.3. The van der Waals surface area contributed by atoms with E-state index in [2.05, 4.69) is 43.3 Å². The molecular formula is C28H29N7O2. The normalized spacial score (nSPS) is 18.2. The van der Waals surface area contributed by atoms with Crippen LogP contribution in [0.4, 0.5) is 5.95 Å². The number of nitrogens with zero attached hydrogens (tertiary/aromatic N) is 4. The molecule has 1 atom stereocenters. The Morgan fingerprint density at radius 1 is 1.11 bits per heavy atom. The van der Waals surface area contributed by atoms with Crippen molar-refractivity contribution in [2.24, 2.45) is 0 Å². The molecule has 2 fully saturated rings. The Bertz CT molecular complexity index is 1450. The zero-order valence-electron chi connectivity index (χ0n) is 20.7. The van der Waals surface area contributed by atoms with Gasteiger partial charge < -0.3 is 20.7 Å². The van der Waals surface area contributed by atoms with E-state index in [0.717, 1.165) is 72.6 Å². The van der Waals surface area contributed by atoms with Crippen LogP contribution in [-0.4, -0.2) is 45.7 Å². The quantitative estimate of drug-likeness (QED) is 0.313. The number of hydrogen-bond acceptors (Lipinski definition) is 8. The number of ether oxygens (including phenoxy) is 1. The first kappa shape index (κ1) is 23.3. The summed E-state index contributed by atoms with van der Waals surface area (Å²) in [6.07, 6.45) is 8.22. The molecule has 1 saturated heterocycles. The molecule has 6 rings (SSSR count). The smallest absolute Gasteiger partial charge is 0.248 e. The van der Waals surface area contributed by atoms with Crippen molar-refractivity contribution < 1.29 is 9.53 Å². The number of piperidine rings is 1. The Morgan fingerprint density at radius 3 is 2.84 bits per heavy atom. The van der Waals surface area contributed by atoms with E-state index in [-0.39, 0.29) is 5.54 Å². The van der Waals surface area contributed by atoms with Gasteiger partial charge in [0.05, 0.1) is 23.0 Å². The number of rotatable bonds is 8. The molecule has 2 aromatic carbocycles. The van der Waals surface area contributed by atoms with Crippen molar-refractivity contribution >= 4 is 23.1 Å². The summed E-state index contributed by atoms with van der Waals surface area (Å²) in [5, 5.41) is 20.3. The van der Waals surface area contributed by atoms with E-state index in [0.29, 0.717) is 29.3 Å². The first-order chi connectivity index (χ1) is 18.2. The summed E-state index contributed by atoms with van der Waals surface area (Å²) in [5.74, 6) is 1.67. The fraction of sp³-hybridized carbons (Fsp3) is 0.321. The van der Waals surface area contributed by atoms with Gasteiger partial charge in [0.25, 0.3) is 0 Å². The SMILES string of the molecule is Cc1ccc2c(C3(NC=O)CC3)cccc2c1Oc1nnccc1-c1ccnc(N[C@H]2CCCNC2)n1. The molecule has 0 radical (unpaired) electrons. The molecule has 37 heavy (non-hydrogen) atoms. The van der Waals surface area contributed by atoms with E-state index in [9.17, 15) is 4.79 Å². The maximum atomic E-state index is 11.3. The molecule has 1 saturated carbocycles. The molecule has 188 valence electrons. The minimum Gasteiger partial charge on any atom is -0.436 e. The highest BCUT2D eigenvalue weighted by atomic mass is 16.5. The number of nitrogens with one attached hydrogen (secondary N) is 3. The molecule has 4 aromatic rings. The Morgan fingerprint density at radius 2 is 2.03 bits per heavy atom. The van der Waals surface area contributed by atoms with E-state index in [4.69, 9.17) is 9.72 Å². The summed E-state index contributed by atoms with van der Waals surface area (Å²) in [6.45, 7) is 3.95. The third kappa shape index (κ3) is 4.58. The minimum atomic E-state index is -0.302. The van der Waals surface area contributed by atoms with Crippen molar-refractivity contribution in [3.8, 4) is 22.9 Å². The molecule has 2 aliphatic rings. The van der Waals surface area contributed by atoms with Crippen LogP contribution in [0.5, 0.6) is 11.6 Å². The zero-order chi connectivity index (χ0) is 25.2. The van der Waals surface area contributed by atoms with Gasteiger partial charge in [-0.05, 0) is 67.8 Å². The van der Waals surface area contributed by atoms with Gasteiger partial charge in [-0.3, -0.25) is 4.79 Å². The summed E-state index contributed by atoms with van der Waals surface area (Å²) in [7, 11) is 0. The minimum absolute atomic E-state index is 0.297. The molecule has 1 aliphatic carbocycles. The fourth-order valence-electron chi connectivity index (χ4n) is 5.14. The highest BCUT2D eigenvalue weighted by Crippen LogP contribution is 2.49. The van der Waals surface area contributed by atoms with Gasteiger partial charge in [0, 0.05) is 24.2 Å². The second-order valence-electron chi connectivity index (χ2n) is 9.76. The number of hydrogen-bond donors (Lipinski definition) is 3. The second-order valence-corrected chi connectivity index (χ2v) is 9.76. The predicted octanol–water partition coefficient (Wildman–Crippen LogP) is 4.09. The Balaban J connectivity index is 1.36. The van der Waals surface area contributed by atoms with Crippen LogP contribution in [0.15, 0.2) is 54.9 Å². The summed E-state index contributed by atoms with van der Waals surface area (Å²) < 4.78 is 6.49. The summed E-state index contributed by atoms with van der Waals surface area (Å²) >= 11 is 0. The van der Waals surface area contributed by atoms with Gasteiger partial charge in [0.2, 0.25) is 18.2 Å². The first-order valence-corrected chi connectivity index (χ1v) is 12.7. The summed E-state index contributed by atoms with van der Waals surface area (Å²) in [5.41, 5.74) is 3.21. The molecule has 0 bridgehead atoms. The van der Waals surface area contributed by atoms with Gasteiger partial charge in [-0.1, -0.05) is 30.3 Å². The molecule has 9 nitrogen and oxygen atoms in total. The molecule has 1 amide bonds. The Hall–Kier alpha value is -4.11. The third-order valence-corrected chi connectivity index (χ3v) is 7.26. The lowest BCUT2D eigenvalue weighted by Gasteiger charge is -2.23. The Labute approximate surface area is 215 Å². The van der Waals surface area contributed by atoms with Crippen LogP contribution >= 0.6 is 0 Å². The van der Waals surface area contributed by atoms with Gasteiger partial charge in [0.15, 0.2) is 0 Å². The number of carbonyl (C=O) groups is 1. The molecule has 3 heterocycles. The highest BCUT2D eigenvalue weighted by Gasteiger charge is 2.45. The lowest BCUT2D eigenvalue weighted by Crippen LogP contribution is -2.38. The van der Waals surface area contributed by atoms with Crippen molar-refractivity contribution in [1.82, 2.24) is 30.8 Å². The fourth-order valence-corrected chi connectivity index (χ4v) is 5.14. The largest absolute Gasteiger partial charge is 0.436 e. The number of aryl methyl sites for hydroxylation is 1. The lowest BCUT2D eigenvalue weighted by atomic mass is 9.95. The maximum absolute atomic E-state index is 11.3. The van der Waals surface area contributed by atoms with Crippen LogP contribution in [-0.2, 0) is 10.3 Å². The maximum Gasteiger partial charge on any atom is 0.248 e. The standard InChI is InChI=1S/C28H29N7O2/c1-18-7-8-20-21(5-2-6-23(20)28(11-12-28)31-17-36)25(18)37-26-22(9-15-32-35-26)24-10-14-30-27(34-24)33-19-4-3-13-29-16-19/h2,5-10,14-15,17,19,29H,3-4,11-13,16H2,1H3,(H,31,36)(H,30,33,34)/t19-/m0/s1. The topological polar surface area (TPSA) is 114 Å². The average Bonchev–Trinajstić information content (AvgIpc) is 3.72. The number of carbonyl (C=O) groups excluding carboxylic acids is 1. The lowest BCUT2D eigenvalue weighted by molar-refractivity contribution is -0.110. The molecule has 3 N–H and O–H groups in total. The van der Waals surface area contributed by atoms with E-state index in [1.165, 1.54) is 0 Å². The molecule has 9 heteroatoms. The van der Waals surface area contributed by atoms with Gasteiger partial charge in [-0.25, -0.2) is 9.97 Å². The van der Waals surface area contributed by atoms with Gasteiger partial charge >= 0.3 is 0 Å². The van der Waals surface area contributed by atoms with Crippen LogP contribution in [0, 0.1) is 6.92 Å². The number of benzene rings is 2. The first-order valence-electron chi connectivity index (χ1n) is 12.7. The van der Waals surface area contributed by atoms with Crippen molar-refractivity contribution in [2.45, 2.75) is 44.2 Å². The van der Waals surface area contributed by atoms with Crippen LogP contribution in [0.3, 0.4) is 0 Å². The van der Waals surface area contributed by atoms with Gasteiger partial charge in [0.1, 0.15) is 5.75 Å². The van der Waals surface area contributed by atoms with Crippen molar-refractivity contribution in [3.63, 3.8) is 0 Å². The van der Waals surface area contributed by atoms with E-state index < -0.39 is 0 Å². The van der Waals surface area contributed by atoms with E-state index in [1.54, 1.807) is 12.4 Å². The molecule has 0 spiro atoms. The van der Waals surface area contributed by atoms with Crippen molar-refractivity contribution in [2.75, 3.05) is 18.4 Å². The van der Waals surface area contributed by atoms with Crippen LogP contribution in [0.25, 0.3) is 22.0 Å². The molecule has 2 aromatic heterocycles. The van der Waals surface area contributed by atoms with Crippen molar-refractivity contribution in [3.05, 3.63) is 66.0 Å². The van der Waals surface area contributed by atoms with Crippen LogP contribution in [0.1, 0.15) is 36.8 Å². The zero-order valence-corrected chi connectivity index (χ0v) is 20.7. The predicted molar refractivity (Wildman–Crippen MR) is 141 cm³/mol. The number of aromatic nitrogens is 4. The number of anilines is 1. The van der Waals surface area contributed by atoms with E-state index >= 15 is 0 Å². The third-order valence-electron chi connectivity index (χ3n) is 7.26. The van der Waals surface area contributed by atoms with Crippen LogP contribution in [0.2, 0.25) is 0 Å². The molecule has 0 unspecified atom stereocenters. The summed E-state index contributed by atoms with van der Waals surface area (Å²) in [4.78, 5) is 20.5.